The molecular weight excluding hydrogens is 190 g/mol. The maximum absolute atomic E-state index is 11.2. The maximum Gasteiger partial charge on any atom is 0.323 e. The van der Waals surface area contributed by atoms with Crippen molar-refractivity contribution >= 4 is 5.97 Å². The second-order valence-corrected chi connectivity index (χ2v) is 5.30. The van der Waals surface area contributed by atoms with Crippen LogP contribution in [0.25, 0.3) is 0 Å². The molecule has 0 aromatic rings. The number of nitrogens with zero attached hydrogens (tertiary/aromatic N) is 1. The first kappa shape index (κ1) is 12.5. The first-order chi connectivity index (χ1) is 6.87. The fraction of sp³-hybridized carbons (Fsp3) is 0.917. The predicted molar refractivity (Wildman–Crippen MR) is 60.9 cm³/mol. The Morgan fingerprint density at radius 1 is 1.33 bits per heavy atom. The molecule has 0 aliphatic heterocycles. The number of hydrogen-bond acceptors (Lipinski definition) is 2. The van der Waals surface area contributed by atoms with Gasteiger partial charge in [-0.15, -0.1) is 0 Å². The van der Waals surface area contributed by atoms with Crippen molar-refractivity contribution in [3.63, 3.8) is 0 Å². The number of likely N-dealkylation sites (N-methyl/N-ethyl adjacent to an activating group) is 1. The minimum atomic E-state index is -0.754. The molecule has 2 unspecified atom stereocenters. The van der Waals surface area contributed by atoms with Crippen LogP contribution in [0.1, 0.15) is 46.5 Å². The van der Waals surface area contributed by atoms with E-state index >= 15 is 0 Å². The molecule has 3 heteroatoms. The van der Waals surface area contributed by atoms with Gasteiger partial charge in [-0.05, 0) is 39.7 Å². The van der Waals surface area contributed by atoms with E-state index < -0.39 is 11.5 Å². The molecule has 1 aliphatic rings. The van der Waals surface area contributed by atoms with Crippen LogP contribution in [0.5, 0.6) is 0 Å². The first-order valence-electron chi connectivity index (χ1n) is 5.83. The second-order valence-electron chi connectivity index (χ2n) is 5.30. The molecule has 0 spiro atoms. The number of hydrogen-bond donors (Lipinski definition) is 1. The van der Waals surface area contributed by atoms with Gasteiger partial charge in [0.25, 0.3) is 0 Å². The van der Waals surface area contributed by atoms with Crippen LogP contribution in [-0.4, -0.2) is 34.6 Å². The highest BCUT2D eigenvalue weighted by Gasteiger charge is 2.38. The van der Waals surface area contributed by atoms with E-state index in [-0.39, 0.29) is 0 Å². The summed E-state index contributed by atoms with van der Waals surface area (Å²) in [6.07, 6.45) is 4.88. The number of rotatable bonds is 3. The molecule has 1 saturated carbocycles. The molecule has 1 fully saturated rings. The van der Waals surface area contributed by atoms with Crippen LogP contribution in [-0.2, 0) is 4.79 Å². The molecule has 1 rings (SSSR count). The number of aliphatic carboxylic acids is 1. The minimum absolute atomic E-state index is 0.421. The van der Waals surface area contributed by atoms with Crippen molar-refractivity contribution in [3.8, 4) is 0 Å². The van der Waals surface area contributed by atoms with Crippen molar-refractivity contribution in [1.82, 2.24) is 4.90 Å². The molecule has 0 bridgehead atoms. The zero-order valence-electron chi connectivity index (χ0n) is 10.3. The van der Waals surface area contributed by atoms with Crippen molar-refractivity contribution < 1.29 is 9.90 Å². The van der Waals surface area contributed by atoms with Crippen LogP contribution in [0.4, 0.5) is 0 Å². The highest BCUT2D eigenvalue weighted by molar-refractivity contribution is 5.77. The Morgan fingerprint density at radius 2 is 1.87 bits per heavy atom. The van der Waals surface area contributed by atoms with Crippen LogP contribution in [0.2, 0.25) is 0 Å². The molecule has 0 amide bonds. The summed E-state index contributed by atoms with van der Waals surface area (Å²) in [5.74, 6) is -0.120. The summed E-state index contributed by atoms with van der Waals surface area (Å²) < 4.78 is 0. The van der Waals surface area contributed by atoms with Gasteiger partial charge in [-0.25, -0.2) is 0 Å². The summed E-state index contributed by atoms with van der Waals surface area (Å²) >= 11 is 0. The highest BCUT2D eigenvalue weighted by Crippen LogP contribution is 2.31. The topological polar surface area (TPSA) is 40.5 Å². The van der Waals surface area contributed by atoms with Gasteiger partial charge in [0.1, 0.15) is 5.54 Å². The molecule has 3 nitrogen and oxygen atoms in total. The Labute approximate surface area is 92.5 Å². The van der Waals surface area contributed by atoms with Crippen molar-refractivity contribution in [2.24, 2.45) is 5.92 Å². The van der Waals surface area contributed by atoms with E-state index in [1.807, 2.05) is 11.9 Å². The second kappa shape index (κ2) is 4.52. The van der Waals surface area contributed by atoms with Crippen LogP contribution in [0.3, 0.4) is 0 Å². The Hall–Kier alpha value is -0.570. The van der Waals surface area contributed by atoms with Gasteiger partial charge in [0.2, 0.25) is 0 Å². The standard InChI is InChI=1S/C12H23NO2/c1-9-7-5-6-8-10(9)13(4)12(2,3)11(14)15/h9-10H,5-8H2,1-4H3,(H,14,15). The summed E-state index contributed by atoms with van der Waals surface area (Å²) in [4.78, 5) is 13.2. The van der Waals surface area contributed by atoms with Gasteiger partial charge < -0.3 is 5.11 Å². The van der Waals surface area contributed by atoms with E-state index in [4.69, 9.17) is 0 Å². The lowest BCUT2D eigenvalue weighted by atomic mass is 9.83. The summed E-state index contributed by atoms with van der Waals surface area (Å²) in [5.41, 5.74) is -0.754. The SMILES string of the molecule is CC1CCCCC1N(C)C(C)(C)C(=O)O. The number of carbonyl (C=O) groups is 1. The van der Waals surface area contributed by atoms with Crippen molar-refractivity contribution in [2.75, 3.05) is 7.05 Å². The molecule has 88 valence electrons. The molecule has 1 N–H and O–H groups in total. The monoisotopic (exact) mass is 213 g/mol. The quantitative estimate of drug-likeness (QED) is 0.782. The number of carboxylic acids is 1. The third-order valence-corrected chi connectivity index (χ3v) is 3.97. The van der Waals surface area contributed by atoms with Gasteiger partial charge >= 0.3 is 5.97 Å². The normalized spacial score (nSPS) is 28.1. The van der Waals surface area contributed by atoms with E-state index in [2.05, 4.69) is 6.92 Å². The summed E-state index contributed by atoms with van der Waals surface area (Å²) in [5, 5.41) is 9.19. The molecule has 15 heavy (non-hydrogen) atoms. The Balaban J connectivity index is 2.73. The Bertz CT molecular complexity index is 238. The molecule has 0 aromatic carbocycles. The lowest BCUT2D eigenvalue weighted by Crippen LogP contribution is -2.55. The van der Waals surface area contributed by atoms with Crippen LogP contribution >= 0.6 is 0 Å². The van der Waals surface area contributed by atoms with Crippen LogP contribution in [0.15, 0.2) is 0 Å². The minimum Gasteiger partial charge on any atom is -0.480 e. The van der Waals surface area contributed by atoms with E-state index in [0.717, 1.165) is 6.42 Å². The smallest absolute Gasteiger partial charge is 0.323 e. The lowest BCUT2D eigenvalue weighted by Gasteiger charge is -2.43. The summed E-state index contributed by atoms with van der Waals surface area (Å²) in [6, 6.07) is 0.421. The van der Waals surface area contributed by atoms with Gasteiger partial charge in [0.05, 0.1) is 0 Å². The average Bonchev–Trinajstić information content (AvgIpc) is 2.17. The predicted octanol–water partition coefficient (Wildman–Crippen LogP) is 2.36. The van der Waals surface area contributed by atoms with Gasteiger partial charge in [-0.2, -0.15) is 0 Å². The number of carboxylic acid groups (broad SMARTS) is 1. The summed E-state index contributed by atoms with van der Waals surface area (Å²) in [6.45, 7) is 5.81. The van der Waals surface area contributed by atoms with Gasteiger partial charge in [-0.1, -0.05) is 19.8 Å². The molecule has 1 aliphatic carbocycles. The first-order valence-corrected chi connectivity index (χ1v) is 5.83. The van der Waals surface area contributed by atoms with Crippen molar-refractivity contribution in [3.05, 3.63) is 0 Å². The van der Waals surface area contributed by atoms with Crippen LogP contribution in [0, 0.1) is 5.92 Å². The van der Waals surface area contributed by atoms with E-state index in [1.165, 1.54) is 19.3 Å². The van der Waals surface area contributed by atoms with Crippen LogP contribution < -0.4 is 0 Å². The van der Waals surface area contributed by atoms with E-state index in [9.17, 15) is 9.90 Å². The van der Waals surface area contributed by atoms with Gasteiger partial charge in [0, 0.05) is 6.04 Å². The third-order valence-electron chi connectivity index (χ3n) is 3.97. The average molecular weight is 213 g/mol. The molecule has 0 heterocycles. The van der Waals surface area contributed by atoms with E-state index in [0.29, 0.717) is 12.0 Å². The largest absolute Gasteiger partial charge is 0.480 e. The fourth-order valence-corrected chi connectivity index (χ4v) is 2.44. The zero-order valence-corrected chi connectivity index (χ0v) is 10.3. The van der Waals surface area contributed by atoms with Gasteiger partial charge in [0.15, 0.2) is 0 Å². The Morgan fingerprint density at radius 3 is 2.33 bits per heavy atom. The molecular formula is C12H23NO2. The molecule has 0 aromatic heterocycles. The molecule has 2 atom stereocenters. The lowest BCUT2D eigenvalue weighted by molar-refractivity contribution is -0.151. The molecule has 0 radical (unpaired) electrons. The van der Waals surface area contributed by atoms with Crippen molar-refractivity contribution in [1.29, 1.82) is 0 Å². The summed E-state index contributed by atoms with van der Waals surface area (Å²) in [7, 11) is 1.95. The fourth-order valence-electron chi connectivity index (χ4n) is 2.44. The third kappa shape index (κ3) is 2.51. The highest BCUT2D eigenvalue weighted by atomic mass is 16.4. The molecule has 0 saturated heterocycles. The zero-order chi connectivity index (χ0) is 11.6. The maximum atomic E-state index is 11.2. The Kier molecular flexibility index (Phi) is 3.77. The van der Waals surface area contributed by atoms with E-state index in [1.54, 1.807) is 13.8 Å². The van der Waals surface area contributed by atoms with Gasteiger partial charge in [-0.3, -0.25) is 9.69 Å². The van der Waals surface area contributed by atoms with Crippen molar-refractivity contribution in [2.45, 2.75) is 58.0 Å².